The smallest absolute Gasteiger partial charge is 0.231 e. The Morgan fingerprint density at radius 1 is 1.48 bits per heavy atom. The minimum absolute atomic E-state index is 0.170. The first-order valence-corrected chi connectivity index (χ1v) is 7.95. The number of carbonyl (C=O) groups excluding carboxylic acids is 1. The molecule has 3 rings (SSSR count). The average Bonchev–Trinajstić information content (AvgIpc) is 2.85. The highest BCUT2D eigenvalue weighted by Gasteiger charge is 2.56. The van der Waals surface area contributed by atoms with Gasteiger partial charge in [0, 0.05) is 10.5 Å². The third kappa shape index (κ3) is 3.42. The zero-order valence-electron chi connectivity index (χ0n) is 10.9. The van der Waals surface area contributed by atoms with E-state index < -0.39 is 4.33 Å². The van der Waals surface area contributed by atoms with Gasteiger partial charge in [0.25, 0.3) is 0 Å². The van der Waals surface area contributed by atoms with Gasteiger partial charge in [0.15, 0.2) is 0 Å². The van der Waals surface area contributed by atoms with Crippen molar-refractivity contribution in [3.63, 3.8) is 0 Å². The third-order valence-corrected chi connectivity index (χ3v) is 4.66. The number of hydrogen-bond donors (Lipinski definition) is 1. The maximum atomic E-state index is 12.0. The predicted molar refractivity (Wildman–Crippen MR) is 86.6 cm³/mol. The van der Waals surface area contributed by atoms with Gasteiger partial charge in [0.05, 0.1) is 18.7 Å². The van der Waals surface area contributed by atoms with E-state index >= 15 is 0 Å². The van der Waals surface area contributed by atoms with Gasteiger partial charge in [0.2, 0.25) is 5.91 Å². The Morgan fingerprint density at radius 2 is 2.24 bits per heavy atom. The van der Waals surface area contributed by atoms with E-state index in [1.807, 2.05) is 24.3 Å². The molecule has 0 saturated heterocycles. The zero-order valence-corrected chi connectivity index (χ0v) is 14.0. The average molecular weight is 389 g/mol. The molecule has 7 heteroatoms. The molecule has 1 amide bonds. The SMILES string of the molecule is O=C(Nc1ccnn1Cc1cccc(Br)c1)C1CC1(Cl)Cl. The lowest BCUT2D eigenvalue weighted by Gasteiger charge is -2.09. The van der Waals surface area contributed by atoms with Gasteiger partial charge in [-0.1, -0.05) is 28.1 Å². The molecule has 21 heavy (non-hydrogen) atoms. The maximum absolute atomic E-state index is 12.0. The summed E-state index contributed by atoms with van der Waals surface area (Å²) >= 11 is 15.2. The number of nitrogens with zero attached hydrogens (tertiary/aromatic N) is 2. The van der Waals surface area contributed by atoms with E-state index in [2.05, 4.69) is 26.3 Å². The first-order chi connectivity index (χ1) is 9.95. The topological polar surface area (TPSA) is 46.9 Å². The van der Waals surface area contributed by atoms with Gasteiger partial charge < -0.3 is 5.32 Å². The highest BCUT2D eigenvalue weighted by molar-refractivity contribution is 9.10. The molecule has 0 aliphatic heterocycles. The Morgan fingerprint density at radius 3 is 2.90 bits per heavy atom. The summed E-state index contributed by atoms with van der Waals surface area (Å²) in [4.78, 5) is 12.0. The molecule has 1 fully saturated rings. The Bertz CT molecular complexity index is 686. The number of rotatable bonds is 4. The molecule has 4 nitrogen and oxygen atoms in total. The molecule has 1 aromatic heterocycles. The van der Waals surface area contributed by atoms with E-state index in [0.717, 1.165) is 10.0 Å². The van der Waals surface area contributed by atoms with Crippen LogP contribution in [0.3, 0.4) is 0 Å². The van der Waals surface area contributed by atoms with Crippen LogP contribution in [0.25, 0.3) is 0 Å². The normalized spacial score (nSPS) is 19.3. The van der Waals surface area contributed by atoms with Gasteiger partial charge in [0.1, 0.15) is 10.2 Å². The van der Waals surface area contributed by atoms with E-state index in [0.29, 0.717) is 18.8 Å². The van der Waals surface area contributed by atoms with Crippen molar-refractivity contribution in [2.24, 2.45) is 5.92 Å². The van der Waals surface area contributed by atoms with Crippen molar-refractivity contribution in [2.45, 2.75) is 17.3 Å². The molecule has 0 spiro atoms. The molecule has 1 aliphatic rings. The molecule has 110 valence electrons. The summed E-state index contributed by atoms with van der Waals surface area (Å²) in [5, 5.41) is 7.05. The summed E-state index contributed by atoms with van der Waals surface area (Å²) in [6, 6.07) is 9.68. The van der Waals surface area contributed by atoms with Crippen LogP contribution in [-0.4, -0.2) is 20.0 Å². The quantitative estimate of drug-likeness (QED) is 0.809. The number of carbonyl (C=O) groups is 1. The first-order valence-electron chi connectivity index (χ1n) is 6.41. The van der Waals surface area contributed by atoms with Crippen LogP contribution in [0.1, 0.15) is 12.0 Å². The Hall–Kier alpha value is -1.04. The maximum Gasteiger partial charge on any atom is 0.231 e. The second-order valence-corrected chi connectivity index (χ2v) is 7.47. The van der Waals surface area contributed by atoms with Gasteiger partial charge in [-0.15, -0.1) is 23.2 Å². The fourth-order valence-electron chi connectivity index (χ4n) is 2.08. The molecule has 2 aromatic rings. The van der Waals surface area contributed by atoms with Crippen LogP contribution < -0.4 is 5.32 Å². The number of alkyl halides is 2. The van der Waals surface area contributed by atoms with Crippen molar-refractivity contribution in [3.05, 3.63) is 46.6 Å². The number of amides is 1. The molecule has 0 radical (unpaired) electrons. The van der Waals surface area contributed by atoms with Crippen molar-refractivity contribution in [2.75, 3.05) is 5.32 Å². The molecular formula is C14H12BrCl2N3O. The van der Waals surface area contributed by atoms with Crippen LogP contribution in [0.5, 0.6) is 0 Å². The second-order valence-electron chi connectivity index (χ2n) is 5.01. The largest absolute Gasteiger partial charge is 0.311 e. The van der Waals surface area contributed by atoms with Gasteiger partial charge in [-0.05, 0) is 24.1 Å². The number of hydrogen-bond acceptors (Lipinski definition) is 2. The number of aromatic nitrogens is 2. The molecule has 1 unspecified atom stereocenters. The highest BCUT2D eigenvalue weighted by Crippen LogP contribution is 2.53. The fraction of sp³-hybridized carbons (Fsp3) is 0.286. The molecule has 1 aliphatic carbocycles. The standard InChI is InChI=1S/C14H12BrCl2N3O/c15-10-3-1-2-9(6-10)8-20-12(4-5-18-20)19-13(21)11-7-14(11,16)17/h1-6,11H,7-8H2,(H,19,21). The molecule has 1 N–H and O–H groups in total. The summed E-state index contributed by atoms with van der Waals surface area (Å²) in [5.74, 6) is 0.113. The molecule has 1 saturated carbocycles. The van der Waals surface area contributed by atoms with Gasteiger partial charge in [-0.2, -0.15) is 5.10 Å². The van der Waals surface area contributed by atoms with Crippen molar-refractivity contribution < 1.29 is 4.79 Å². The molecular weight excluding hydrogens is 377 g/mol. The lowest BCUT2D eigenvalue weighted by molar-refractivity contribution is -0.117. The Labute approximate surface area is 140 Å². The van der Waals surface area contributed by atoms with Gasteiger partial charge >= 0.3 is 0 Å². The molecule has 1 atom stereocenters. The lowest BCUT2D eigenvalue weighted by Crippen LogP contribution is -2.19. The molecule has 1 heterocycles. The summed E-state index contributed by atoms with van der Waals surface area (Å²) in [5.41, 5.74) is 1.08. The van der Waals surface area contributed by atoms with E-state index in [1.54, 1.807) is 16.9 Å². The number of nitrogens with one attached hydrogen (secondary N) is 1. The van der Waals surface area contributed by atoms with E-state index in [1.165, 1.54) is 0 Å². The minimum Gasteiger partial charge on any atom is -0.311 e. The third-order valence-electron chi connectivity index (χ3n) is 3.33. The minimum atomic E-state index is -0.917. The fourth-order valence-corrected chi connectivity index (χ4v) is 3.04. The lowest BCUT2D eigenvalue weighted by atomic mass is 10.2. The highest BCUT2D eigenvalue weighted by atomic mass is 79.9. The van der Waals surface area contributed by atoms with Crippen molar-refractivity contribution in [1.29, 1.82) is 0 Å². The molecule has 1 aromatic carbocycles. The van der Waals surface area contributed by atoms with Crippen LogP contribution in [0, 0.1) is 5.92 Å². The number of halogens is 3. The zero-order chi connectivity index (χ0) is 15.0. The number of anilines is 1. The van der Waals surface area contributed by atoms with Gasteiger partial charge in [-0.3, -0.25) is 4.79 Å². The predicted octanol–water partition coefficient (Wildman–Crippen LogP) is 3.83. The van der Waals surface area contributed by atoms with E-state index in [4.69, 9.17) is 23.2 Å². The van der Waals surface area contributed by atoms with Gasteiger partial charge in [-0.25, -0.2) is 4.68 Å². The van der Waals surface area contributed by atoms with Crippen LogP contribution in [0.4, 0.5) is 5.82 Å². The molecule has 0 bridgehead atoms. The first kappa shape index (κ1) is 14.9. The van der Waals surface area contributed by atoms with Crippen LogP contribution in [-0.2, 0) is 11.3 Å². The van der Waals surface area contributed by atoms with Crippen molar-refractivity contribution in [1.82, 2.24) is 9.78 Å². The second kappa shape index (κ2) is 5.63. The summed E-state index contributed by atoms with van der Waals surface area (Å²) in [6.45, 7) is 0.569. The monoisotopic (exact) mass is 387 g/mol. The van der Waals surface area contributed by atoms with Crippen LogP contribution in [0.2, 0.25) is 0 Å². The van der Waals surface area contributed by atoms with Crippen LogP contribution in [0.15, 0.2) is 41.0 Å². The summed E-state index contributed by atoms with van der Waals surface area (Å²) < 4.78 is 1.82. The van der Waals surface area contributed by atoms with E-state index in [-0.39, 0.29) is 11.8 Å². The van der Waals surface area contributed by atoms with Crippen LogP contribution >= 0.6 is 39.1 Å². The Balaban J connectivity index is 1.71. The number of benzene rings is 1. The Kier molecular flexibility index (Phi) is 3.99. The van der Waals surface area contributed by atoms with Crippen molar-refractivity contribution >= 4 is 50.9 Å². The van der Waals surface area contributed by atoms with Crippen molar-refractivity contribution in [3.8, 4) is 0 Å². The van der Waals surface area contributed by atoms with E-state index in [9.17, 15) is 4.79 Å². The summed E-state index contributed by atoms with van der Waals surface area (Å²) in [6.07, 6.45) is 2.14. The summed E-state index contributed by atoms with van der Waals surface area (Å²) in [7, 11) is 0.